The highest BCUT2D eigenvalue weighted by molar-refractivity contribution is 6.35. The SMILES string of the molecule is CC.CC.COC(=O)c1ccc(Nc2nc(N)nc(Nc3ccccc3C)c2Cl)cc1. The van der Waals surface area contributed by atoms with Crippen LogP contribution < -0.4 is 16.4 Å². The molecule has 0 saturated heterocycles. The number of esters is 1. The Bertz CT molecular complexity index is 978. The second kappa shape index (κ2) is 13.1. The van der Waals surface area contributed by atoms with Crippen LogP contribution in [-0.2, 0) is 4.74 Å². The van der Waals surface area contributed by atoms with Crippen molar-refractivity contribution in [3.8, 4) is 0 Å². The van der Waals surface area contributed by atoms with Crippen molar-refractivity contribution in [1.82, 2.24) is 9.97 Å². The molecular formula is C23H30ClN5O2. The van der Waals surface area contributed by atoms with Gasteiger partial charge in [-0.15, -0.1) is 0 Å². The van der Waals surface area contributed by atoms with Crippen LogP contribution in [0.25, 0.3) is 0 Å². The van der Waals surface area contributed by atoms with Crippen molar-refractivity contribution in [2.45, 2.75) is 34.6 Å². The molecule has 3 rings (SSSR count). The molecule has 0 aliphatic carbocycles. The molecule has 166 valence electrons. The molecule has 0 aliphatic heterocycles. The van der Waals surface area contributed by atoms with Crippen molar-refractivity contribution in [1.29, 1.82) is 0 Å². The second-order valence-electron chi connectivity index (χ2n) is 5.73. The summed E-state index contributed by atoms with van der Waals surface area (Å²) in [4.78, 5) is 19.9. The third kappa shape index (κ3) is 7.15. The minimum atomic E-state index is -0.407. The van der Waals surface area contributed by atoms with Gasteiger partial charge < -0.3 is 21.1 Å². The summed E-state index contributed by atoms with van der Waals surface area (Å²) in [6.45, 7) is 9.98. The Hall–Kier alpha value is -3.32. The average Bonchev–Trinajstić information content (AvgIpc) is 2.81. The summed E-state index contributed by atoms with van der Waals surface area (Å²) in [6, 6.07) is 14.5. The molecule has 0 bridgehead atoms. The molecule has 8 heteroatoms. The Labute approximate surface area is 189 Å². The van der Waals surface area contributed by atoms with Crippen LogP contribution >= 0.6 is 11.6 Å². The van der Waals surface area contributed by atoms with Crippen LogP contribution in [0.5, 0.6) is 0 Å². The molecule has 0 atom stereocenters. The van der Waals surface area contributed by atoms with Gasteiger partial charge in [0.25, 0.3) is 0 Å². The van der Waals surface area contributed by atoms with Gasteiger partial charge in [-0.2, -0.15) is 9.97 Å². The van der Waals surface area contributed by atoms with Gasteiger partial charge in [-0.05, 0) is 42.8 Å². The number of aromatic nitrogens is 2. The molecule has 0 saturated carbocycles. The Morgan fingerprint density at radius 3 is 2.03 bits per heavy atom. The molecule has 0 aliphatic rings. The Kier molecular flexibility index (Phi) is 10.8. The van der Waals surface area contributed by atoms with Crippen LogP contribution in [0.4, 0.5) is 29.0 Å². The number of rotatable bonds is 5. The zero-order chi connectivity index (χ0) is 23.4. The van der Waals surface area contributed by atoms with Gasteiger partial charge in [0.15, 0.2) is 11.6 Å². The summed E-state index contributed by atoms with van der Waals surface area (Å²) in [5, 5.41) is 6.55. The first-order valence-electron chi connectivity index (χ1n) is 10.1. The zero-order valence-electron chi connectivity index (χ0n) is 18.8. The average molecular weight is 444 g/mol. The number of carbonyl (C=O) groups is 1. The van der Waals surface area contributed by atoms with E-state index >= 15 is 0 Å². The molecule has 3 aromatic rings. The third-order valence-corrected chi connectivity index (χ3v) is 4.19. The van der Waals surface area contributed by atoms with Gasteiger partial charge in [0, 0.05) is 11.4 Å². The summed E-state index contributed by atoms with van der Waals surface area (Å²) >= 11 is 6.46. The van der Waals surface area contributed by atoms with E-state index in [0.717, 1.165) is 11.3 Å². The number of aryl methyl sites for hydroxylation is 1. The fourth-order valence-corrected chi connectivity index (χ4v) is 2.59. The van der Waals surface area contributed by atoms with Gasteiger partial charge in [0.05, 0.1) is 12.7 Å². The van der Waals surface area contributed by atoms with Gasteiger partial charge in [-0.25, -0.2) is 4.79 Å². The molecule has 4 N–H and O–H groups in total. The van der Waals surface area contributed by atoms with Crippen molar-refractivity contribution in [2.75, 3.05) is 23.5 Å². The van der Waals surface area contributed by atoms with Crippen LogP contribution in [0.2, 0.25) is 5.02 Å². The normalized spacial score (nSPS) is 9.39. The maximum absolute atomic E-state index is 11.5. The molecule has 0 spiro atoms. The van der Waals surface area contributed by atoms with E-state index in [1.54, 1.807) is 24.3 Å². The minimum absolute atomic E-state index is 0.0733. The van der Waals surface area contributed by atoms with E-state index in [0.29, 0.717) is 27.9 Å². The van der Waals surface area contributed by atoms with Crippen molar-refractivity contribution < 1.29 is 9.53 Å². The molecule has 7 nitrogen and oxygen atoms in total. The number of nitrogens with two attached hydrogens (primary N) is 1. The summed E-state index contributed by atoms with van der Waals surface area (Å²) in [7, 11) is 1.33. The number of hydrogen-bond donors (Lipinski definition) is 3. The Balaban J connectivity index is 0.00000113. The predicted molar refractivity (Wildman–Crippen MR) is 130 cm³/mol. The number of carbonyl (C=O) groups excluding carboxylic acids is 1. The van der Waals surface area contributed by atoms with Crippen LogP contribution in [0.15, 0.2) is 48.5 Å². The van der Waals surface area contributed by atoms with E-state index in [4.69, 9.17) is 17.3 Å². The molecule has 0 unspecified atom stereocenters. The first kappa shape index (κ1) is 25.7. The molecule has 0 radical (unpaired) electrons. The first-order chi connectivity index (χ1) is 15.0. The van der Waals surface area contributed by atoms with Gasteiger partial charge in [0.2, 0.25) is 5.95 Å². The summed E-state index contributed by atoms with van der Waals surface area (Å²) < 4.78 is 4.69. The largest absolute Gasteiger partial charge is 0.465 e. The first-order valence-corrected chi connectivity index (χ1v) is 10.5. The number of methoxy groups -OCH3 is 1. The number of benzene rings is 2. The van der Waals surface area contributed by atoms with Gasteiger partial charge in [-0.1, -0.05) is 57.5 Å². The number of halogens is 1. The number of hydrogen-bond acceptors (Lipinski definition) is 7. The third-order valence-electron chi connectivity index (χ3n) is 3.84. The highest BCUT2D eigenvalue weighted by Crippen LogP contribution is 2.32. The minimum Gasteiger partial charge on any atom is -0.465 e. The topological polar surface area (TPSA) is 102 Å². The predicted octanol–water partition coefficient (Wildman–Crippen LogP) is 6.35. The lowest BCUT2D eigenvalue weighted by Crippen LogP contribution is -2.06. The highest BCUT2D eigenvalue weighted by Gasteiger charge is 2.13. The molecular weight excluding hydrogens is 414 g/mol. The van der Waals surface area contributed by atoms with Gasteiger partial charge >= 0.3 is 5.97 Å². The molecule has 0 fully saturated rings. The smallest absolute Gasteiger partial charge is 0.337 e. The van der Waals surface area contributed by atoms with Crippen LogP contribution in [-0.4, -0.2) is 23.0 Å². The van der Waals surface area contributed by atoms with E-state index in [-0.39, 0.29) is 5.95 Å². The van der Waals surface area contributed by atoms with Crippen LogP contribution in [0, 0.1) is 6.92 Å². The van der Waals surface area contributed by atoms with Crippen LogP contribution in [0.3, 0.4) is 0 Å². The Morgan fingerprint density at radius 1 is 0.935 bits per heavy atom. The summed E-state index contributed by atoms with van der Waals surface area (Å²) in [6.07, 6.45) is 0. The lowest BCUT2D eigenvalue weighted by molar-refractivity contribution is 0.0601. The number of anilines is 5. The van der Waals surface area contributed by atoms with E-state index < -0.39 is 5.97 Å². The van der Waals surface area contributed by atoms with Crippen LogP contribution in [0.1, 0.15) is 43.6 Å². The number of nitrogens with one attached hydrogen (secondary N) is 2. The number of nitrogens with zero attached hydrogens (tertiary/aromatic N) is 2. The van der Waals surface area contributed by atoms with Crippen molar-refractivity contribution in [2.24, 2.45) is 0 Å². The van der Waals surface area contributed by atoms with E-state index in [9.17, 15) is 4.79 Å². The number of ether oxygens (including phenoxy) is 1. The van der Waals surface area contributed by atoms with Crippen molar-refractivity contribution in [3.63, 3.8) is 0 Å². The summed E-state index contributed by atoms with van der Waals surface area (Å²) in [5.41, 5.74) is 8.87. The van der Waals surface area contributed by atoms with E-state index in [1.807, 2.05) is 58.9 Å². The van der Waals surface area contributed by atoms with E-state index in [1.165, 1.54) is 7.11 Å². The monoisotopic (exact) mass is 443 g/mol. The fourth-order valence-electron chi connectivity index (χ4n) is 2.41. The lowest BCUT2D eigenvalue weighted by atomic mass is 10.2. The maximum Gasteiger partial charge on any atom is 0.337 e. The quantitative estimate of drug-likeness (QED) is 0.395. The Morgan fingerprint density at radius 2 is 1.48 bits per heavy atom. The molecule has 2 aromatic carbocycles. The highest BCUT2D eigenvalue weighted by atomic mass is 35.5. The van der Waals surface area contributed by atoms with Crippen molar-refractivity contribution >= 4 is 46.5 Å². The fraction of sp³-hybridized carbons (Fsp3) is 0.261. The van der Waals surface area contributed by atoms with Crippen molar-refractivity contribution in [3.05, 3.63) is 64.7 Å². The van der Waals surface area contributed by atoms with E-state index in [2.05, 4.69) is 25.3 Å². The standard InChI is InChI=1S/C19H18ClN5O2.2C2H6/c1-11-5-3-4-6-14(11)23-17-15(20)16(24-19(21)25-17)22-13-9-7-12(8-10-13)18(26)27-2;2*1-2/h3-10H,1-2H3,(H4,21,22,23,24,25);2*1-2H3. The van der Waals surface area contributed by atoms with Gasteiger partial charge in [0.1, 0.15) is 5.02 Å². The molecule has 1 aromatic heterocycles. The lowest BCUT2D eigenvalue weighted by Gasteiger charge is -2.14. The maximum atomic E-state index is 11.5. The zero-order valence-corrected chi connectivity index (χ0v) is 19.5. The molecule has 0 amide bonds. The molecule has 31 heavy (non-hydrogen) atoms. The number of para-hydroxylation sites is 1. The number of nitrogen functional groups attached to an aromatic ring is 1. The summed E-state index contributed by atoms with van der Waals surface area (Å²) in [5.74, 6) is 0.415. The molecule has 1 heterocycles. The van der Waals surface area contributed by atoms with Gasteiger partial charge in [-0.3, -0.25) is 0 Å². The second-order valence-corrected chi connectivity index (χ2v) is 6.10.